The molecule has 2 aromatic heterocycles. The smallest absolute Gasteiger partial charge is 0.141 e. The van der Waals surface area contributed by atoms with Gasteiger partial charge in [0.25, 0.3) is 0 Å². The second kappa shape index (κ2) is 6.29. The number of ether oxygens (including phenoxy) is 1. The van der Waals surface area contributed by atoms with Crippen molar-refractivity contribution in [3.8, 4) is 16.9 Å². The standard InChI is InChI=1S/C21H25N5O2/c1-11-18(12(2)28-25-11)15-9-16-14(10-17(15)27-4)19-20(24-16)22-13(3)23-21(19)26-7-5-6-8-26/h9-10,13,22,24H,5-8H2,1-4H3. The van der Waals surface area contributed by atoms with Gasteiger partial charge in [0, 0.05) is 29.6 Å². The number of amidine groups is 1. The van der Waals surface area contributed by atoms with Crippen LogP contribution >= 0.6 is 0 Å². The van der Waals surface area contributed by atoms with Gasteiger partial charge >= 0.3 is 0 Å². The van der Waals surface area contributed by atoms with Crippen molar-refractivity contribution in [1.29, 1.82) is 0 Å². The number of H-pyrrole nitrogens is 1. The van der Waals surface area contributed by atoms with Crippen LogP contribution < -0.4 is 10.1 Å². The van der Waals surface area contributed by atoms with Crippen LogP contribution in [0.4, 0.5) is 5.82 Å². The molecule has 0 aliphatic carbocycles. The van der Waals surface area contributed by atoms with Crippen molar-refractivity contribution in [3.63, 3.8) is 0 Å². The Labute approximate surface area is 163 Å². The molecule has 0 amide bonds. The van der Waals surface area contributed by atoms with Gasteiger partial charge in [0.1, 0.15) is 29.3 Å². The van der Waals surface area contributed by atoms with Crippen molar-refractivity contribution in [2.24, 2.45) is 4.99 Å². The minimum absolute atomic E-state index is 0.0418. The number of hydrogen-bond acceptors (Lipinski definition) is 6. The highest BCUT2D eigenvalue weighted by Gasteiger charge is 2.29. The van der Waals surface area contributed by atoms with E-state index in [9.17, 15) is 0 Å². The first kappa shape index (κ1) is 17.2. The van der Waals surface area contributed by atoms with Crippen LogP contribution in [0.1, 0.15) is 36.8 Å². The summed E-state index contributed by atoms with van der Waals surface area (Å²) in [5.41, 5.74) is 5.02. The Morgan fingerprint density at radius 3 is 2.64 bits per heavy atom. The van der Waals surface area contributed by atoms with Gasteiger partial charge in [-0.15, -0.1) is 0 Å². The number of likely N-dealkylation sites (tertiary alicyclic amines) is 1. The highest BCUT2D eigenvalue weighted by Crippen LogP contribution is 2.41. The van der Waals surface area contributed by atoms with Gasteiger partial charge < -0.3 is 24.5 Å². The number of aromatic amines is 1. The van der Waals surface area contributed by atoms with Crippen LogP contribution in [-0.4, -0.2) is 47.2 Å². The van der Waals surface area contributed by atoms with E-state index in [2.05, 4.69) is 39.4 Å². The number of rotatable bonds is 2. The Morgan fingerprint density at radius 1 is 1.18 bits per heavy atom. The van der Waals surface area contributed by atoms with Gasteiger partial charge in [-0.1, -0.05) is 5.16 Å². The van der Waals surface area contributed by atoms with Crippen LogP contribution in [0.15, 0.2) is 21.6 Å². The maximum atomic E-state index is 5.77. The van der Waals surface area contributed by atoms with Crippen LogP contribution in [-0.2, 0) is 0 Å². The van der Waals surface area contributed by atoms with Gasteiger partial charge in [-0.05, 0) is 45.7 Å². The summed E-state index contributed by atoms with van der Waals surface area (Å²) in [7, 11) is 1.71. The number of methoxy groups -OCH3 is 1. The van der Waals surface area contributed by atoms with E-state index >= 15 is 0 Å². The van der Waals surface area contributed by atoms with Crippen molar-refractivity contribution in [2.45, 2.75) is 39.8 Å². The maximum Gasteiger partial charge on any atom is 0.141 e. The lowest BCUT2D eigenvalue weighted by Gasteiger charge is -2.27. The number of nitrogens with one attached hydrogen (secondary N) is 2. The molecule has 28 heavy (non-hydrogen) atoms. The van der Waals surface area contributed by atoms with E-state index in [1.165, 1.54) is 12.8 Å². The SMILES string of the molecule is COc1cc2c3c([nH]c2cc1-c1c(C)noc1C)NC(C)N=C3N1CCCC1. The van der Waals surface area contributed by atoms with Crippen LogP contribution in [0.3, 0.4) is 0 Å². The molecule has 0 saturated carbocycles. The summed E-state index contributed by atoms with van der Waals surface area (Å²) in [6.45, 7) is 8.09. The van der Waals surface area contributed by atoms with Gasteiger partial charge in [0.05, 0.1) is 23.9 Å². The molecule has 146 valence electrons. The molecule has 1 aromatic carbocycles. The van der Waals surface area contributed by atoms with Gasteiger partial charge in [0.15, 0.2) is 0 Å². The van der Waals surface area contributed by atoms with Crippen LogP contribution in [0.5, 0.6) is 5.75 Å². The number of aliphatic imine (C=N–C) groups is 1. The molecule has 2 aliphatic heterocycles. The van der Waals surface area contributed by atoms with Crippen LogP contribution in [0.2, 0.25) is 0 Å². The number of aryl methyl sites for hydroxylation is 2. The number of hydrogen-bond donors (Lipinski definition) is 2. The summed E-state index contributed by atoms with van der Waals surface area (Å²) in [5.74, 6) is 3.70. The third-order valence-corrected chi connectivity index (χ3v) is 5.72. The summed E-state index contributed by atoms with van der Waals surface area (Å²) < 4.78 is 11.2. The molecule has 7 nitrogen and oxygen atoms in total. The minimum Gasteiger partial charge on any atom is -0.496 e. The number of benzene rings is 1. The second-order valence-electron chi connectivity index (χ2n) is 7.64. The average Bonchev–Trinajstić information content (AvgIpc) is 3.39. The Bertz CT molecular complexity index is 1070. The van der Waals surface area contributed by atoms with E-state index in [1.807, 2.05) is 13.8 Å². The van der Waals surface area contributed by atoms with E-state index in [1.54, 1.807) is 7.11 Å². The van der Waals surface area contributed by atoms with E-state index in [4.69, 9.17) is 14.3 Å². The van der Waals surface area contributed by atoms with Crippen LogP contribution in [0, 0.1) is 13.8 Å². The molecule has 1 unspecified atom stereocenters. The molecule has 4 heterocycles. The van der Waals surface area contributed by atoms with Gasteiger partial charge in [-0.3, -0.25) is 0 Å². The molecule has 1 saturated heterocycles. The fourth-order valence-corrected chi connectivity index (χ4v) is 4.45. The summed E-state index contributed by atoms with van der Waals surface area (Å²) in [6.07, 6.45) is 2.48. The summed E-state index contributed by atoms with van der Waals surface area (Å²) >= 11 is 0. The average molecular weight is 379 g/mol. The predicted octanol–water partition coefficient (Wildman–Crippen LogP) is 4.06. The summed E-state index contributed by atoms with van der Waals surface area (Å²) in [6, 6.07) is 4.24. The quantitative estimate of drug-likeness (QED) is 0.702. The largest absolute Gasteiger partial charge is 0.496 e. The fourth-order valence-electron chi connectivity index (χ4n) is 4.45. The van der Waals surface area contributed by atoms with Crippen molar-refractivity contribution in [3.05, 3.63) is 29.2 Å². The van der Waals surface area contributed by atoms with Crippen molar-refractivity contribution in [1.82, 2.24) is 15.0 Å². The number of aromatic nitrogens is 2. The van der Waals surface area contributed by atoms with E-state index in [0.717, 1.165) is 69.5 Å². The summed E-state index contributed by atoms with van der Waals surface area (Å²) in [5, 5.41) is 8.70. The first-order chi connectivity index (χ1) is 13.6. The molecule has 1 atom stereocenters. The van der Waals surface area contributed by atoms with Gasteiger partial charge in [-0.25, -0.2) is 4.99 Å². The zero-order valence-corrected chi connectivity index (χ0v) is 16.7. The molecule has 0 bridgehead atoms. The zero-order valence-electron chi connectivity index (χ0n) is 16.7. The lowest BCUT2D eigenvalue weighted by Crippen LogP contribution is -2.34. The van der Waals surface area contributed by atoms with E-state index in [0.29, 0.717) is 0 Å². The third kappa shape index (κ3) is 2.49. The van der Waals surface area contributed by atoms with Gasteiger partial charge in [-0.2, -0.15) is 0 Å². The van der Waals surface area contributed by atoms with E-state index in [-0.39, 0.29) is 6.17 Å². The second-order valence-corrected chi connectivity index (χ2v) is 7.64. The lowest BCUT2D eigenvalue weighted by atomic mass is 10.00. The molecule has 0 spiro atoms. The normalized spacial score (nSPS) is 18.9. The Kier molecular flexibility index (Phi) is 3.86. The molecule has 2 aliphatic rings. The molecule has 2 N–H and O–H groups in total. The topological polar surface area (TPSA) is 78.7 Å². The third-order valence-electron chi connectivity index (χ3n) is 5.72. The number of anilines is 1. The van der Waals surface area contributed by atoms with Crippen molar-refractivity contribution < 1.29 is 9.26 Å². The monoisotopic (exact) mass is 379 g/mol. The maximum absolute atomic E-state index is 5.77. The van der Waals surface area contributed by atoms with Crippen molar-refractivity contribution >= 4 is 22.6 Å². The van der Waals surface area contributed by atoms with Crippen LogP contribution in [0.25, 0.3) is 22.0 Å². The molecule has 3 aromatic rings. The molecule has 0 radical (unpaired) electrons. The molecule has 7 heteroatoms. The molecular formula is C21H25N5O2. The molecule has 1 fully saturated rings. The minimum atomic E-state index is 0.0418. The van der Waals surface area contributed by atoms with E-state index < -0.39 is 0 Å². The highest BCUT2D eigenvalue weighted by molar-refractivity contribution is 6.16. The zero-order chi connectivity index (χ0) is 19.4. The van der Waals surface area contributed by atoms with Gasteiger partial charge in [0.2, 0.25) is 0 Å². The predicted molar refractivity (Wildman–Crippen MR) is 110 cm³/mol. The Hall–Kier alpha value is -2.96. The number of fused-ring (bicyclic) bond motifs is 3. The highest BCUT2D eigenvalue weighted by atomic mass is 16.5. The first-order valence-corrected chi connectivity index (χ1v) is 9.83. The lowest BCUT2D eigenvalue weighted by molar-refractivity contribution is 0.393. The van der Waals surface area contributed by atoms with Crippen molar-refractivity contribution in [2.75, 3.05) is 25.5 Å². The molecule has 5 rings (SSSR count). The summed E-state index contributed by atoms with van der Waals surface area (Å²) in [4.78, 5) is 10.9. The fraction of sp³-hybridized carbons (Fsp3) is 0.429. The number of nitrogens with zero attached hydrogens (tertiary/aromatic N) is 3. The Morgan fingerprint density at radius 2 is 1.96 bits per heavy atom. The first-order valence-electron chi connectivity index (χ1n) is 9.83. The Balaban J connectivity index is 1.73. The molecular weight excluding hydrogens is 354 g/mol.